The first kappa shape index (κ1) is 15.5. The SMILES string of the molecule is FC1(F)CCN(Cc2cc(Br)cc(OC(F)(F)F)c2)C1. The summed E-state index contributed by atoms with van der Waals surface area (Å²) in [5.41, 5.74) is 0.483. The summed E-state index contributed by atoms with van der Waals surface area (Å²) < 4.78 is 66.8. The molecule has 1 aliphatic rings. The second-order valence-electron chi connectivity index (χ2n) is 4.66. The second kappa shape index (κ2) is 5.48. The third kappa shape index (κ3) is 4.59. The molecule has 1 saturated heterocycles. The van der Waals surface area contributed by atoms with Crippen LogP contribution in [0.2, 0.25) is 0 Å². The molecule has 0 aliphatic carbocycles. The van der Waals surface area contributed by atoms with Crippen molar-refractivity contribution >= 4 is 15.9 Å². The van der Waals surface area contributed by atoms with Crippen molar-refractivity contribution in [2.75, 3.05) is 13.1 Å². The number of likely N-dealkylation sites (tertiary alicyclic amines) is 1. The first-order chi connectivity index (χ1) is 9.13. The predicted molar refractivity (Wildman–Crippen MR) is 65.7 cm³/mol. The van der Waals surface area contributed by atoms with Crippen LogP contribution in [0.25, 0.3) is 0 Å². The molecule has 1 aromatic carbocycles. The molecule has 112 valence electrons. The Bertz CT molecular complexity index is 491. The molecule has 0 spiro atoms. The first-order valence-corrected chi connectivity index (χ1v) is 6.58. The standard InChI is InChI=1S/C12H11BrF5NO/c13-9-3-8(4-10(5-9)20-12(16,17)18)6-19-2-1-11(14,15)7-19/h3-5H,1-2,6-7H2. The van der Waals surface area contributed by atoms with E-state index in [0.29, 0.717) is 10.0 Å². The molecule has 1 aliphatic heterocycles. The molecule has 2 nitrogen and oxygen atoms in total. The lowest BCUT2D eigenvalue weighted by atomic mass is 10.2. The topological polar surface area (TPSA) is 12.5 Å². The highest BCUT2D eigenvalue weighted by atomic mass is 79.9. The van der Waals surface area contributed by atoms with E-state index in [2.05, 4.69) is 20.7 Å². The Balaban J connectivity index is 2.09. The third-order valence-corrected chi connectivity index (χ3v) is 3.28. The number of halogens is 6. The van der Waals surface area contributed by atoms with Gasteiger partial charge in [0.15, 0.2) is 0 Å². The largest absolute Gasteiger partial charge is 0.573 e. The van der Waals surface area contributed by atoms with Gasteiger partial charge in [0.25, 0.3) is 5.92 Å². The molecule has 0 radical (unpaired) electrons. The number of alkyl halides is 5. The van der Waals surface area contributed by atoms with Crippen molar-refractivity contribution in [3.63, 3.8) is 0 Å². The number of rotatable bonds is 3. The summed E-state index contributed by atoms with van der Waals surface area (Å²) in [6, 6.07) is 3.96. The molecule has 0 amide bonds. The maximum Gasteiger partial charge on any atom is 0.573 e. The highest BCUT2D eigenvalue weighted by molar-refractivity contribution is 9.10. The van der Waals surface area contributed by atoms with E-state index >= 15 is 0 Å². The smallest absolute Gasteiger partial charge is 0.406 e. The molecule has 1 heterocycles. The van der Waals surface area contributed by atoms with Gasteiger partial charge in [-0.1, -0.05) is 15.9 Å². The van der Waals surface area contributed by atoms with Crippen LogP contribution < -0.4 is 4.74 Å². The number of ether oxygens (including phenoxy) is 1. The number of hydrogen-bond donors (Lipinski definition) is 0. The second-order valence-corrected chi connectivity index (χ2v) is 5.58. The molecule has 20 heavy (non-hydrogen) atoms. The molecule has 0 N–H and O–H groups in total. The molecular formula is C12H11BrF5NO. The Morgan fingerprint density at radius 3 is 2.50 bits per heavy atom. The molecule has 8 heteroatoms. The van der Waals surface area contributed by atoms with Crippen LogP contribution in [0.1, 0.15) is 12.0 Å². The van der Waals surface area contributed by atoms with Gasteiger partial charge in [0.05, 0.1) is 6.54 Å². The van der Waals surface area contributed by atoms with Crippen molar-refractivity contribution < 1.29 is 26.7 Å². The van der Waals surface area contributed by atoms with E-state index in [1.807, 2.05) is 0 Å². The molecular weight excluding hydrogens is 349 g/mol. The molecule has 0 saturated carbocycles. The first-order valence-electron chi connectivity index (χ1n) is 5.78. The van der Waals surface area contributed by atoms with Crippen LogP contribution in [0.15, 0.2) is 22.7 Å². The molecule has 1 fully saturated rings. The van der Waals surface area contributed by atoms with Crippen LogP contribution in [0.4, 0.5) is 22.0 Å². The van der Waals surface area contributed by atoms with Crippen LogP contribution in [0, 0.1) is 0 Å². The molecule has 2 rings (SSSR count). The van der Waals surface area contributed by atoms with Gasteiger partial charge in [0.2, 0.25) is 0 Å². The fourth-order valence-electron chi connectivity index (χ4n) is 2.10. The van der Waals surface area contributed by atoms with Crippen LogP contribution >= 0.6 is 15.9 Å². The van der Waals surface area contributed by atoms with E-state index < -0.39 is 12.3 Å². The van der Waals surface area contributed by atoms with Crippen LogP contribution in [-0.2, 0) is 6.54 Å². The fourth-order valence-corrected chi connectivity index (χ4v) is 2.62. The summed E-state index contributed by atoms with van der Waals surface area (Å²) in [6.45, 7) is -0.00675. The van der Waals surface area contributed by atoms with Crippen molar-refractivity contribution in [3.05, 3.63) is 28.2 Å². The van der Waals surface area contributed by atoms with Crippen molar-refractivity contribution in [2.24, 2.45) is 0 Å². The van der Waals surface area contributed by atoms with Gasteiger partial charge < -0.3 is 4.74 Å². The van der Waals surface area contributed by atoms with Crippen molar-refractivity contribution in [3.8, 4) is 5.75 Å². The lowest BCUT2D eigenvalue weighted by Gasteiger charge is -2.17. The monoisotopic (exact) mass is 359 g/mol. The van der Waals surface area contributed by atoms with Gasteiger partial charge in [-0.25, -0.2) is 8.78 Å². The summed E-state index contributed by atoms with van der Waals surface area (Å²) in [7, 11) is 0. The van der Waals surface area contributed by atoms with Crippen molar-refractivity contribution in [1.82, 2.24) is 4.90 Å². The Hall–Kier alpha value is -0.890. The Labute approximate surface area is 120 Å². The maximum atomic E-state index is 13.1. The minimum absolute atomic E-state index is 0.156. The normalized spacial score (nSPS) is 19.3. The van der Waals surface area contributed by atoms with Crippen molar-refractivity contribution in [1.29, 1.82) is 0 Å². The maximum absolute atomic E-state index is 13.1. The van der Waals surface area contributed by atoms with Gasteiger partial charge in [-0.15, -0.1) is 13.2 Å². The van der Waals surface area contributed by atoms with Gasteiger partial charge in [-0.05, 0) is 23.8 Å². The van der Waals surface area contributed by atoms with Gasteiger partial charge in [0, 0.05) is 24.0 Å². The zero-order valence-corrected chi connectivity index (χ0v) is 11.8. The zero-order chi connectivity index (χ0) is 15.0. The van der Waals surface area contributed by atoms with E-state index in [1.54, 1.807) is 6.07 Å². The molecule has 0 bridgehead atoms. The quantitative estimate of drug-likeness (QED) is 0.750. The van der Waals surface area contributed by atoms with Crippen LogP contribution in [0.5, 0.6) is 5.75 Å². The predicted octanol–water partition coefficient (Wildman–Crippen LogP) is 4.19. The van der Waals surface area contributed by atoms with Gasteiger partial charge >= 0.3 is 6.36 Å². The van der Waals surface area contributed by atoms with E-state index in [9.17, 15) is 22.0 Å². The highest BCUT2D eigenvalue weighted by Gasteiger charge is 2.38. The molecule has 0 aromatic heterocycles. The average molecular weight is 360 g/mol. The Kier molecular flexibility index (Phi) is 4.24. The lowest BCUT2D eigenvalue weighted by molar-refractivity contribution is -0.274. The van der Waals surface area contributed by atoms with Gasteiger partial charge in [0.1, 0.15) is 5.75 Å². The van der Waals surface area contributed by atoms with E-state index in [4.69, 9.17) is 0 Å². The summed E-state index contributed by atoms with van der Waals surface area (Å²) in [6.07, 6.45) is -5.01. The molecule has 0 unspecified atom stereocenters. The Morgan fingerprint density at radius 2 is 1.95 bits per heavy atom. The van der Waals surface area contributed by atoms with Crippen LogP contribution in [0.3, 0.4) is 0 Å². The highest BCUT2D eigenvalue weighted by Crippen LogP contribution is 2.31. The zero-order valence-electron chi connectivity index (χ0n) is 10.2. The number of benzene rings is 1. The number of nitrogens with zero attached hydrogens (tertiary/aromatic N) is 1. The summed E-state index contributed by atoms with van der Waals surface area (Å²) >= 11 is 3.08. The average Bonchev–Trinajstić information content (AvgIpc) is 2.54. The third-order valence-electron chi connectivity index (χ3n) is 2.82. The summed E-state index contributed by atoms with van der Waals surface area (Å²) in [5, 5.41) is 0. The number of hydrogen-bond acceptors (Lipinski definition) is 2. The lowest BCUT2D eigenvalue weighted by Crippen LogP contribution is -2.25. The Morgan fingerprint density at radius 1 is 1.25 bits per heavy atom. The summed E-state index contributed by atoms with van der Waals surface area (Å²) in [4.78, 5) is 1.50. The van der Waals surface area contributed by atoms with Gasteiger partial charge in [-0.3, -0.25) is 4.90 Å². The van der Waals surface area contributed by atoms with Gasteiger partial charge in [-0.2, -0.15) is 0 Å². The van der Waals surface area contributed by atoms with Crippen molar-refractivity contribution in [2.45, 2.75) is 25.3 Å². The van der Waals surface area contributed by atoms with Crippen LogP contribution in [-0.4, -0.2) is 30.3 Å². The molecule has 0 atom stereocenters. The van der Waals surface area contributed by atoms with E-state index in [1.165, 1.54) is 17.0 Å². The minimum atomic E-state index is -4.78. The molecule has 1 aromatic rings. The summed E-state index contributed by atoms with van der Waals surface area (Å²) in [5.74, 6) is -3.09. The van der Waals surface area contributed by atoms with E-state index in [-0.39, 0.29) is 31.8 Å². The van der Waals surface area contributed by atoms with E-state index in [0.717, 1.165) is 0 Å². The minimum Gasteiger partial charge on any atom is -0.406 e. The fraction of sp³-hybridized carbons (Fsp3) is 0.500.